The molecule has 120 valence electrons. The minimum Gasteiger partial charge on any atom is -0.258 e. The number of nitrogens with one attached hydrogen (secondary N) is 1. The van der Waals surface area contributed by atoms with Crippen LogP contribution < -0.4 is 4.83 Å². The minimum atomic E-state index is -4.01. The molecule has 2 rings (SSSR count). The molecule has 0 radical (unpaired) electrons. The average Bonchev–Trinajstić information content (AvgIpc) is 2.49. The van der Waals surface area contributed by atoms with Crippen molar-refractivity contribution in [1.29, 1.82) is 0 Å². The number of sulfonamides is 1. The van der Waals surface area contributed by atoms with Crippen molar-refractivity contribution in [3.63, 3.8) is 0 Å². The number of rotatable bonds is 5. The van der Waals surface area contributed by atoms with Gasteiger partial charge in [0.2, 0.25) is 0 Å². The van der Waals surface area contributed by atoms with E-state index in [2.05, 4.69) is 5.10 Å². The van der Waals surface area contributed by atoms with Crippen LogP contribution in [0.5, 0.6) is 0 Å². The van der Waals surface area contributed by atoms with Gasteiger partial charge in [-0.05, 0) is 19.1 Å². The summed E-state index contributed by atoms with van der Waals surface area (Å²) in [6.45, 7) is 1.53. The van der Waals surface area contributed by atoms with Crippen LogP contribution in [0.3, 0.4) is 0 Å². The van der Waals surface area contributed by atoms with E-state index in [1.807, 2.05) is 4.83 Å². The summed E-state index contributed by atoms with van der Waals surface area (Å²) in [6, 6.07) is 10.4. The Kier molecular flexibility index (Phi) is 4.97. The topological polar surface area (TPSA) is 102 Å². The summed E-state index contributed by atoms with van der Waals surface area (Å²) in [4.78, 5) is 12.0. The highest BCUT2D eigenvalue weighted by Gasteiger charge is 2.19. The molecule has 0 fully saturated rings. The third kappa shape index (κ3) is 4.05. The van der Waals surface area contributed by atoms with Crippen LogP contribution in [0.25, 0.3) is 0 Å². The van der Waals surface area contributed by atoms with E-state index < -0.39 is 14.9 Å². The van der Waals surface area contributed by atoms with Gasteiger partial charge in [-0.25, -0.2) is 4.83 Å². The van der Waals surface area contributed by atoms with Crippen LogP contribution in [-0.4, -0.2) is 19.6 Å². The summed E-state index contributed by atoms with van der Waals surface area (Å²) in [6.07, 6.45) is 1.25. The van der Waals surface area contributed by atoms with Crippen LogP contribution in [0.15, 0.2) is 52.5 Å². The highest BCUT2D eigenvalue weighted by molar-refractivity contribution is 7.89. The van der Waals surface area contributed by atoms with Gasteiger partial charge in [0.25, 0.3) is 15.7 Å². The van der Waals surface area contributed by atoms with Crippen molar-refractivity contribution in [1.82, 2.24) is 4.83 Å². The Morgan fingerprint density at radius 3 is 2.61 bits per heavy atom. The lowest BCUT2D eigenvalue weighted by molar-refractivity contribution is -0.385. The van der Waals surface area contributed by atoms with E-state index in [1.165, 1.54) is 25.3 Å². The molecule has 2 aromatic rings. The van der Waals surface area contributed by atoms with Crippen molar-refractivity contribution in [3.05, 3.63) is 68.7 Å². The Labute approximate surface area is 137 Å². The molecule has 0 aromatic heterocycles. The molecule has 0 aliphatic carbocycles. The molecule has 0 bridgehead atoms. The molecule has 0 spiro atoms. The minimum absolute atomic E-state index is 0.244. The number of nitro benzene ring substituents is 1. The van der Waals surface area contributed by atoms with Gasteiger partial charge in [-0.1, -0.05) is 35.9 Å². The molecule has 0 atom stereocenters. The van der Waals surface area contributed by atoms with Gasteiger partial charge in [0.05, 0.1) is 16.0 Å². The normalized spacial score (nSPS) is 11.6. The Bertz CT molecular complexity index is 881. The molecule has 0 unspecified atom stereocenters. The molecule has 0 saturated carbocycles. The fourth-order valence-electron chi connectivity index (χ4n) is 1.75. The van der Waals surface area contributed by atoms with Gasteiger partial charge in [-0.15, -0.1) is 0 Å². The quantitative estimate of drug-likeness (QED) is 0.507. The summed E-state index contributed by atoms with van der Waals surface area (Å²) in [5.41, 5.74) is 0.628. The first-order valence-electron chi connectivity index (χ1n) is 6.36. The van der Waals surface area contributed by atoms with Crippen LogP contribution in [0.2, 0.25) is 5.02 Å². The van der Waals surface area contributed by atoms with Crippen molar-refractivity contribution in [2.45, 2.75) is 11.8 Å². The predicted octanol–water partition coefficient (Wildman–Crippen LogP) is 2.87. The summed E-state index contributed by atoms with van der Waals surface area (Å²) >= 11 is 5.92. The number of benzene rings is 2. The molecular formula is C14H12ClN3O4S. The summed E-state index contributed by atoms with van der Waals surface area (Å²) < 4.78 is 24.2. The zero-order chi connectivity index (χ0) is 17.0. The van der Waals surface area contributed by atoms with Crippen LogP contribution in [0.1, 0.15) is 11.1 Å². The lowest BCUT2D eigenvalue weighted by Gasteiger charge is -2.04. The van der Waals surface area contributed by atoms with E-state index in [9.17, 15) is 18.5 Å². The van der Waals surface area contributed by atoms with E-state index in [0.717, 1.165) is 6.07 Å². The molecule has 9 heteroatoms. The predicted molar refractivity (Wildman–Crippen MR) is 87.2 cm³/mol. The number of hydrogen-bond acceptors (Lipinski definition) is 5. The Balaban J connectivity index is 2.24. The fourth-order valence-corrected chi connectivity index (χ4v) is 2.75. The highest BCUT2D eigenvalue weighted by atomic mass is 35.5. The van der Waals surface area contributed by atoms with Gasteiger partial charge >= 0.3 is 0 Å². The number of hydrazone groups is 1. The molecular weight excluding hydrogens is 342 g/mol. The summed E-state index contributed by atoms with van der Waals surface area (Å²) in [5.74, 6) is 0. The number of halogens is 1. The molecule has 0 saturated heterocycles. The van der Waals surface area contributed by atoms with E-state index in [1.54, 1.807) is 24.3 Å². The molecule has 2 aromatic carbocycles. The SMILES string of the molecule is Cc1ccc(S(=O)(=O)N/N=C/c2ccccc2Cl)cc1[N+](=O)[O-]. The number of nitrogens with zero attached hydrogens (tertiary/aromatic N) is 2. The van der Waals surface area contributed by atoms with Crippen LogP contribution in [0.4, 0.5) is 5.69 Å². The van der Waals surface area contributed by atoms with Crippen LogP contribution >= 0.6 is 11.6 Å². The average molecular weight is 354 g/mol. The van der Waals surface area contributed by atoms with Gasteiger partial charge in [-0.3, -0.25) is 10.1 Å². The largest absolute Gasteiger partial charge is 0.276 e. The third-order valence-corrected chi connectivity index (χ3v) is 4.53. The van der Waals surface area contributed by atoms with Gasteiger partial charge in [0.1, 0.15) is 0 Å². The van der Waals surface area contributed by atoms with Gasteiger partial charge < -0.3 is 0 Å². The Morgan fingerprint density at radius 1 is 1.26 bits per heavy atom. The second-order valence-electron chi connectivity index (χ2n) is 4.58. The third-order valence-electron chi connectivity index (χ3n) is 2.97. The highest BCUT2D eigenvalue weighted by Crippen LogP contribution is 2.22. The van der Waals surface area contributed by atoms with Crippen molar-refractivity contribution >= 4 is 33.5 Å². The smallest absolute Gasteiger partial charge is 0.258 e. The molecule has 0 amide bonds. The zero-order valence-electron chi connectivity index (χ0n) is 11.9. The second-order valence-corrected chi connectivity index (χ2v) is 6.65. The maximum Gasteiger partial charge on any atom is 0.276 e. The number of nitro groups is 1. The Morgan fingerprint density at radius 2 is 1.96 bits per heavy atom. The molecule has 0 aliphatic rings. The molecule has 0 aliphatic heterocycles. The molecule has 7 nitrogen and oxygen atoms in total. The van der Waals surface area contributed by atoms with Gasteiger partial charge in [0, 0.05) is 22.2 Å². The van der Waals surface area contributed by atoms with Crippen molar-refractivity contribution in [2.24, 2.45) is 5.10 Å². The van der Waals surface area contributed by atoms with E-state index >= 15 is 0 Å². The first-order chi connectivity index (χ1) is 10.8. The fraction of sp³-hybridized carbons (Fsp3) is 0.0714. The van der Waals surface area contributed by atoms with E-state index in [4.69, 9.17) is 11.6 Å². The van der Waals surface area contributed by atoms with E-state index in [-0.39, 0.29) is 10.6 Å². The van der Waals surface area contributed by atoms with Crippen LogP contribution in [0, 0.1) is 17.0 Å². The monoisotopic (exact) mass is 353 g/mol. The first-order valence-corrected chi connectivity index (χ1v) is 8.22. The molecule has 1 N–H and O–H groups in total. The lowest BCUT2D eigenvalue weighted by atomic mass is 10.2. The van der Waals surface area contributed by atoms with Crippen molar-refractivity contribution in [2.75, 3.05) is 0 Å². The van der Waals surface area contributed by atoms with Gasteiger partial charge in [0.15, 0.2) is 0 Å². The number of hydrogen-bond donors (Lipinski definition) is 1. The van der Waals surface area contributed by atoms with Crippen LogP contribution in [-0.2, 0) is 10.0 Å². The maximum absolute atomic E-state index is 12.1. The van der Waals surface area contributed by atoms with Crippen molar-refractivity contribution < 1.29 is 13.3 Å². The molecule has 23 heavy (non-hydrogen) atoms. The standard InChI is InChI=1S/C14H12ClN3O4S/c1-10-6-7-12(8-14(10)18(19)20)23(21,22)17-16-9-11-4-2-3-5-13(11)15/h2-9,17H,1H3/b16-9+. The number of aryl methyl sites for hydroxylation is 1. The zero-order valence-corrected chi connectivity index (χ0v) is 13.5. The maximum atomic E-state index is 12.1. The molecule has 0 heterocycles. The van der Waals surface area contributed by atoms with E-state index in [0.29, 0.717) is 16.1 Å². The van der Waals surface area contributed by atoms with Crippen molar-refractivity contribution in [3.8, 4) is 0 Å². The van der Waals surface area contributed by atoms with Gasteiger partial charge in [-0.2, -0.15) is 13.5 Å². The Hall–Kier alpha value is -2.45. The second kappa shape index (κ2) is 6.76. The first kappa shape index (κ1) is 16.9. The summed E-state index contributed by atoms with van der Waals surface area (Å²) in [5, 5.41) is 14.9. The lowest BCUT2D eigenvalue weighted by Crippen LogP contribution is -2.18. The summed E-state index contributed by atoms with van der Waals surface area (Å²) in [7, 11) is -4.01.